The Morgan fingerprint density at radius 2 is 1.17 bits per heavy atom. The molecule has 128 valence electrons. The summed E-state index contributed by atoms with van der Waals surface area (Å²) in [4.78, 5) is 0. The summed E-state index contributed by atoms with van der Waals surface area (Å²) < 4.78 is 1.85. The van der Waals surface area contributed by atoms with Gasteiger partial charge in [0.15, 0.2) is 0 Å². The van der Waals surface area contributed by atoms with Gasteiger partial charge in [0.1, 0.15) is 5.69 Å². The molecule has 0 aliphatic carbocycles. The molecule has 0 fully saturated rings. The van der Waals surface area contributed by atoms with E-state index >= 15 is 0 Å². The highest BCUT2D eigenvalue weighted by atomic mass is 15.4. The predicted molar refractivity (Wildman–Crippen MR) is 104 cm³/mol. The lowest BCUT2D eigenvalue weighted by molar-refractivity contribution is 0.720. The van der Waals surface area contributed by atoms with E-state index in [0.29, 0.717) is 0 Å². The smallest absolute Gasteiger partial charge is 0.121 e. The highest BCUT2D eigenvalue weighted by Gasteiger charge is 2.17. The van der Waals surface area contributed by atoms with Crippen molar-refractivity contribution in [2.45, 2.75) is 41.5 Å². The summed E-state index contributed by atoms with van der Waals surface area (Å²) in [6.45, 7) is 12.2. The largest absolute Gasteiger partial charge is 0.247 e. The van der Waals surface area contributed by atoms with Crippen molar-refractivity contribution in [2.24, 2.45) is 7.05 Å². The van der Waals surface area contributed by atoms with Gasteiger partial charge in [-0.25, -0.2) is 4.68 Å². The zero-order chi connectivity index (χ0) is 18.1. The Kier molecular flexibility index (Phi) is 7.90. The van der Waals surface area contributed by atoms with E-state index in [1.807, 2.05) is 51.6 Å². The molecule has 0 amide bonds. The van der Waals surface area contributed by atoms with Crippen molar-refractivity contribution in [3.8, 4) is 22.5 Å². The fraction of sp³-hybridized carbons (Fsp3) is 0.333. The van der Waals surface area contributed by atoms with Crippen LogP contribution in [-0.2, 0) is 7.05 Å². The first-order valence-corrected chi connectivity index (χ1v) is 8.70. The highest BCUT2D eigenvalue weighted by Crippen LogP contribution is 2.32. The Balaban J connectivity index is 0.000000671. The van der Waals surface area contributed by atoms with Crippen molar-refractivity contribution >= 4 is 0 Å². The van der Waals surface area contributed by atoms with Crippen LogP contribution < -0.4 is 0 Å². The van der Waals surface area contributed by atoms with Crippen LogP contribution in [0.15, 0.2) is 48.5 Å². The van der Waals surface area contributed by atoms with E-state index < -0.39 is 0 Å². The van der Waals surface area contributed by atoms with Crippen LogP contribution in [0.2, 0.25) is 0 Å². The Morgan fingerprint density at radius 1 is 0.708 bits per heavy atom. The van der Waals surface area contributed by atoms with Gasteiger partial charge in [-0.05, 0) is 25.0 Å². The van der Waals surface area contributed by atoms with Crippen LogP contribution in [0.4, 0.5) is 0 Å². The number of aromatic nitrogens is 3. The second-order valence-electron chi connectivity index (χ2n) is 5.04. The van der Waals surface area contributed by atoms with Crippen molar-refractivity contribution in [1.29, 1.82) is 0 Å². The number of hydrogen-bond donors (Lipinski definition) is 0. The Hall–Kier alpha value is -2.42. The SMILES string of the molecule is CC.CC.Cc1ccccc1-c1nnn(C)c1-c1ccccc1C. The van der Waals surface area contributed by atoms with E-state index in [9.17, 15) is 0 Å². The number of aryl methyl sites for hydroxylation is 3. The normalized spacial score (nSPS) is 9.46. The van der Waals surface area contributed by atoms with Crippen molar-refractivity contribution in [3.63, 3.8) is 0 Å². The molecule has 24 heavy (non-hydrogen) atoms. The molecule has 1 aromatic heterocycles. The molecule has 3 aromatic rings. The van der Waals surface area contributed by atoms with E-state index in [-0.39, 0.29) is 0 Å². The highest BCUT2D eigenvalue weighted by molar-refractivity contribution is 5.80. The van der Waals surface area contributed by atoms with Gasteiger partial charge in [-0.2, -0.15) is 0 Å². The lowest BCUT2D eigenvalue weighted by atomic mass is 9.98. The van der Waals surface area contributed by atoms with E-state index in [1.165, 1.54) is 16.7 Å². The number of nitrogens with zero attached hydrogens (tertiary/aromatic N) is 3. The van der Waals surface area contributed by atoms with Crippen molar-refractivity contribution < 1.29 is 0 Å². The lowest BCUT2D eigenvalue weighted by Crippen LogP contribution is -1.96. The van der Waals surface area contributed by atoms with Gasteiger partial charge in [0.25, 0.3) is 0 Å². The summed E-state index contributed by atoms with van der Waals surface area (Å²) in [6, 6.07) is 16.6. The number of rotatable bonds is 2. The van der Waals surface area contributed by atoms with Gasteiger partial charge in [0.05, 0.1) is 5.69 Å². The minimum Gasteiger partial charge on any atom is -0.247 e. The van der Waals surface area contributed by atoms with Gasteiger partial charge in [-0.15, -0.1) is 5.10 Å². The molecule has 0 aliphatic rings. The minimum atomic E-state index is 0.944. The molecule has 0 bridgehead atoms. The first-order chi connectivity index (χ1) is 11.7. The molecule has 0 radical (unpaired) electrons. The first kappa shape index (κ1) is 19.6. The molecule has 2 aromatic carbocycles. The predicted octanol–water partition coefficient (Wildman–Crippen LogP) is 5.82. The first-order valence-electron chi connectivity index (χ1n) is 8.70. The van der Waals surface area contributed by atoms with Gasteiger partial charge < -0.3 is 0 Å². The topological polar surface area (TPSA) is 30.7 Å². The molecule has 3 rings (SSSR count). The Labute approximate surface area is 146 Å². The number of hydrogen-bond acceptors (Lipinski definition) is 2. The van der Waals surface area contributed by atoms with Gasteiger partial charge in [0, 0.05) is 18.2 Å². The average Bonchev–Trinajstić information content (AvgIpc) is 3.01. The molecule has 0 atom stereocenters. The summed E-state index contributed by atoms with van der Waals surface area (Å²) in [5.74, 6) is 0. The van der Waals surface area contributed by atoms with Crippen molar-refractivity contribution in [3.05, 3.63) is 59.7 Å². The van der Waals surface area contributed by atoms with E-state index in [2.05, 4.69) is 60.6 Å². The van der Waals surface area contributed by atoms with Gasteiger partial charge in [-0.3, -0.25) is 0 Å². The molecule has 0 saturated carbocycles. The van der Waals surface area contributed by atoms with E-state index in [4.69, 9.17) is 0 Å². The molecule has 0 unspecified atom stereocenters. The lowest BCUT2D eigenvalue weighted by Gasteiger charge is -2.09. The molecular formula is C21H29N3. The van der Waals surface area contributed by atoms with Gasteiger partial charge >= 0.3 is 0 Å². The van der Waals surface area contributed by atoms with Crippen LogP contribution in [0.3, 0.4) is 0 Å². The van der Waals surface area contributed by atoms with E-state index in [1.54, 1.807) is 0 Å². The zero-order valence-electron chi connectivity index (χ0n) is 16.0. The van der Waals surface area contributed by atoms with Crippen molar-refractivity contribution in [1.82, 2.24) is 15.0 Å². The molecular weight excluding hydrogens is 294 g/mol. The van der Waals surface area contributed by atoms with E-state index in [0.717, 1.165) is 17.0 Å². The van der Waals surface area contributed by atoms with Crippen LogP contribution in [-0.4, -0.2) is 15.0 Å². The van der Waals surface area contributed by atoms with Gasteiger partial charge in [0.2, 0.25) is 0 Å². The monoisotopic (exact) mass is 323 g/mol. The van der Waals surface area contributed by atoms with Crippen LogP contribution in [0.5, 0.6) is 0 Å². The zero-order valence-corrected chi connectivity index (χ0v) is 16.0. The van der Waals surface area contributed by atoms with Crippen LogP contribution in [0, 0.1) is 13.8 Å². The summed E-state index contributed by atoms with van der Waals surface area (Å²) in [6.07, 6.45) is 0. The Morgan fingerprint density at radius 3 is 1.67 bits per heavy atom. The maximum atomic E-state index is 4.38. The standard InChI is InChI=1S/C17H17N3.2C2H6/c1-12-8-4-6-10-14(12)16-17(20(3)19-18-16)15-11-7-5-9-13(15)2;2*1-2/h4-11H,1-3H3;2*1-2H3. The Bertz CT molecular complexity index is 757. The molecule has 3 nitrogen and oxygen atoms in total. The third-order valence-corrected chi connectivity index (χ3v) is 3.63. The quantitative estimate of drug-likeness (QED) is 0.595. The molecule has 0 saturated heterocycles. The van der Waals surface area contributed by atoms with Gasteiger partial charge in [-0.1, -0.05) is 81.4 Å². The summed E-state index contributed by atoms with van der Waals surface area (Å²) in [5, 5.41) is 8.60. The molecule has 0 aliphatic heterocycles. The molecule has 1 heterocycles. The fourth-order valence-electron chi connectivity index (χ4n) is 2.52. The number of benzene rings is 2. The average molecular weight is 323 g/mol. The second-order valence-corrected chi connectivity index (χ2v) is 5.04. The molecule has 0 N–H and O–H groups in total. The minimum absolute atomic E-state index is 0.944. The third-order valence-electron chi connectivity index (χ3n) is 3.63. The summed E-state index contributed by atoms with van der Waals surface area (Å²) in [5.41, 5.74) is 6.77. The summed E-state index contributed by atoms with van der Waals surface area (Å²) in [7, 11) is 1.94. The van der Waals surface area contributed by atoms with Crippen LogP contribution in [0.1, 0.15) is 38.8 Å². The fourth-order valence-corrected chi connectivity index (χ4v) is 2.52. The van der Waals surface area contributed by atoms with Crippen LogP contribution >= 0.6 is 0 Å². The summed E-state index contributed by atoms with van der Waals surface area (Å²) >= 11 is 0. The van der Waals surface area contributed by atoms with Crippen molar-refractivity contribution in [2.75, 3.05) is 0 Å². The van der Waals surface area contributed by atoms with Crippen LogP contribution in [0.25, 0.3) is 22.5 Å². The second kappa shape index (κ2) is 9.66. The molecule has 0 spiro atoms. The maximum absolute atomic E-state index is 4.38. The molecule has 3 heteroatoms. The third kappa shape index (κ3) is 4.10. The maximum Gasteiger partial charge on any atom is 0.121 e.